The van der Waals surface area contributed by atoms with Crippen LogP contribution >= 0.6 is 0 Å². The van der Waals surface area contributed by atoms with Crippen LogP contribution in [0.15, 0.2) is 18.2 Å². The van der Waals surface area contributed by atoms with Gasteiger partial charge in [0.1, 0.15) is 12.4 Å². The zero-order valence-corrected chi connectivity index (χ0v) is 13.8. The molecule has 0 bridgehead atoms. The Morgan fingerprint density at radius 3 is 2.59 bits per heavy atom. The maximum absolute atomic E-state index is 14.3. The van der Waals surface area contributed by atoms with E-state index >= 15 is 0 Å². The highest BCUT2D eigenvalue weighted by molar-refractivity contribution is 6.09. The molecule has 4 N–H and O–H groups in total. The molecule has 12 heteroatoms. The monoisotopic (exact) mass is 392 g/mol. The van der Waals surface area contributed by atoms with Crippen molar-refractivity contribution in [3.63, 3.8) is 0 Å². The molecule has 1 aliphatic rings. The fourth-order valence-electron chi connectivity index (χ4n) is 2.33. The van der Waals surface area contributed by atoms with E-state index in [-0.39, 0.29) is 31.1 Å². The summed E-state index contributed by atoms with van der Waals surface area (Å²) in [6.07, 6.45) is -4.66. The van der Waals surface area contributed by atoms with Crippen molar-refractivity contribution in [2.24, 2.45) is 5.73 Å². The first-order chi connectivity index (χ1) is 12.6. The third kappa shape index (κ3) is 5.62. The zero-order valence-electron chi connectivity index (χ0n) is 13.8. The molecule has 0 radical (unpaired) electrons. The first-order valence-corrected chi connectivity index (χ1v) is 7.66. The molecule has 0 aromatic heterocycles. The largest absolute Gasteiger partial charge is 0.401 e. The molecule has 0 saturated carbocycles. The number of rotatable bonds is 6. The molecular formula is C15H16F4N4O4. The van der Waals surface area contributed by atoms with Crippen molar-refractivity contribution in [1.29, 1.82) is 0 Å². The second kappa shape index (κ2) is 8.31. The van der Waals surface area contributed by atoms with Crippen LogP contribution < -0.4 is 21.3 Å². The summed E-state index contributed by atoms with van der Waals surface area (Å²) >= 11 is 0. The Morgan fingerprint density at radius 2 is 2.04 bits per heavy atom. The molecule has 0 aliphatic carbocycles. The lowest BCUT2D eigenvalue weighted by Crippen LogP contribution is -2.52. The molecule has 8 nitrogen and oxygen atoms in total. The minimum atomic E-state index is -4.66. The van der Waals surface area contributed by atoms with Gasteiger partial charge >= 0.3 is 6.18 Å². The maximum atomic E-state index is 14.3. The van der Waals surface area contributed by atoms with E-state index in [1.807, 2.05) is 0 Å². The van der Waals surface area contributed by atoms with Crippen LogP contribution in [0.3, 0.4) is 0 Å². The topological polar surface area (TPSA) is 114 Å². The first-order valence-electron chi connectivity index (χ1n) is 7.66. The lowest BCUT2D eigenvalue weighted by molar-refractivity contribution is -0.135. The molecule has 1 aliphatic heterocycles. The highest BCUT2D eigenvalue weighted by Crippen LogP contribution is 2.24. The van der Waals surface area contributed by atoms with Gasteiger partial charge in [-0.2, -0.15) is 13.2 Å². The number of alkyl halides is 3. The van der Waals surface area contributed by atoms with Gasteiger partial charge in [0.2, 0.25) is 5.91 Å². The maximum Gasteiger partial charge on any atom is 0.401 e. The quantitative estimate of drug-likeness (QED) is 0.471. The van der Waals surface area contributed by atoms with E-state index in [2.05, 4.69) is 5.32 Å². The number of anilines is 2. The van der Waals surface area contributed by atoms with Crippen LogP contribution in [-0.2, 0) is 19.1 Å². The number of amides is 3. The summed E-state index contributed by atoms with van der Waals surface area (Å²) in [6.45, 7) is -1.43. The predicted molar refractivity (Wildman–Crippen MR) is 85.2 cm³/mol. The average Bonchev–Trinajstić information content (AvgIpc) is 2.54. The second-order valence-electron chi connectivity index (χ2n) is 5.58. The lowest BCUT2D eigenvalue weighted by atomic mass is 10.2. The highest BCUT2D eigenvalue weighted by atomic mass is 19.4. The zero-order chi connectivity index (χ0) is 20.2. The van der Waals surface area contributed by atoms with Crippen molar-refractivity contribution in [1.82, 2.24) is 5.32 Å². The van der Waals surface area contributed by atoms with Gasteiger partial charge in [-0.05, 0) is 18.2 Å². The minimum Gasteiger partial charge on any atom is -0.370 e. The van der Waals surface area contributed by atoms with Gasteiger partial charge in [0.25, 0.3) is 11.8 Å². The molecule has 1 saturated heterocycles. The Balaban J connectivity index is 2.09. The van der Waals surface area contributed by atoms with Gasteiger partial charge in [0, 0.05) is 12.2 Å². The van der Waals surface area contributed by atoms with Gasteiger partial charge in [-0.1, -0.05) is 0 Å². The molecule has 1 aromatic carbocycles. The predicted octanol–water partition coefficient (Wildman–Crippen LogP) is 0.133. The number of benzene rings is 1. The Hall–Kier alpha value is -2.73. The summed E-state index contributed by atoms with van der Waals surface area (Å²) in [4.78, 5) is 36.1. The van der Waals surface area contributed by atoms with Crippen molar-refractivity contribution in [2.75, 3.05) is 36.5 Å². The van der Waals surface area contributed by atoms with Crippen LogP contribution in [0, 0.1) is 5.82 Å². The average molecular weight is 392 g/mol. The van der Waals surface area contributed by atoms with Crippen LogP contribution in [-0.4, -0.2) is 56.2 Å². The molecule has 3 amide bonds. The van der Waals surface area contributed by atoms with Crippen LogP contribution in [0.5, 0.6) is 0 Å². The number of nitrogens with two attached hydrogens (primary N) is 1. The standard InChI is InChI=1S/C15H16F4N4O4/c16-9-5-8(1-2-10(9)23-3-4-27-6-11(23)24)22-14(26)12(13(20)25)21-7-15(17,18)19/h1-2,5,12,21H,3-4,6-7H2,(H2,20,25)(H,22,26)/t12-/m0/s1. The fourth-order valence-corrected chi connectivity index (χ4v) is 2.33. The van der Waals surface area contributed by atoms with E-state index in [0.29, 0.717) is 0 Å². The summed E-state index contributed by atoms with van der Waals surface area (Å²) < 4.78 is 55.9. The first kappa shape index (κ1) is 20.6. The van der Waals surface area contributed by atoms with Gasteiger partial charge in [-0.15, -0.1) is 0 Å². The molecule has 148 valence electrons. The van der Waals surface area contributed by atoms with Crippen LogP contribution in [0.2, 0.25) is 0 Å². The van der Waals surface area contributed by atoms with Gasteiger partial charge in [0.15, 0.2) is 6.04 Å². The SMILES string of the molecule is NC(=O)[C@H](NCC(F)(F)F)C(=O)Nc1ccc(N2CCOCC2=O)c(F)c1. The highest BCUT2D eigenvalue weighted by Gasteiger charge is 2.32. The van der Waals surface area contributed by atoms with E-state index in [1.54, 1.807) is 5.32 Å². The molecule has 0 spiro atoms. The molecular weight excluding hydrogens is 376 g/mol. The van der Waals surface area contributed by atoms with Crippen LogP contribution in [0.25, 0.3) is 0 Å². The third-order valence-electron chi connectivity index (χ3n) is 3.55. The Bertz CT molecular complexity index is 741. The summed E-state index contributed by atoms with van der Waals surface area (Å²) in [6, 6.07) is 1.37. The number of nitrogens with zero attached hydrogens (tertiary/aromatic N) is 1. The summed E-state index contributed by atoms with van der Waals surface area (Å²) in [5.74, 6) is -3.79. The summed E-state index contributed by atoms with van der Waals surface area (Å²) in [7, 11) is 0. The molecule has 27 heavy (non-hydrogen) atoms. The van der Waals surface area contributed by atoms with Crippen LogP contribution in [0.1, 0.15) is 0 Å². The number of hydrogen-bond donors (Lipinski definition) is 3. The van der Waals surface area contributed by atoms with E-state index in [4.69, 9.17) is 10.5 Å². The number of hydrogen-bond acceptors (Lipinski definition) is 5. The van der Waals surface area contributed by atoms with Gasteiger partial charge in [-0.3, -0.25) is 19.7 Å². The van der Waals surface area contributed by atoms with Crippen molar-refractivity contribution >= 4 is 29.1 Å². The van der Waals surface area contributed by atoms with E-state index in [9.17, 15) is 31.9 Å². The third-order valence-corrected chi connectivity index (χ3v) is 3.55. The number of morpholine rings is 1. The van der Waals surface area contributed by atoms with Gasteiger partial charge in [-0.25, -0.2) is 4.39 Å². The molecule has 1 fully saturated rings. The van der Waals surface area contributed by atoms with Crippen molar-refractivity contribution in [3.8, 4) is 0 Å². The Morgan fingerprint density at radius 1 is 1.33 bits per heavy atom. The van der Waals surface area contributed by atoms with E-state index in [0.717, 1.165) is 6.07 Å². The van der Waals surface area contributed by atoms with Gasteiger partial charge in [0.05, 0.1) is 18.8 Å². The molecule has 2 rings (SSSR count). The van der Waals surface area contributed by atoms with Crippen molar-refractivity contribution in [2.45, 2.75) is 12.2 Å². The molecule has 1 atom stereocenters. The second-order valence-corrected chi connectivity index (χ2v) is 5.58. The van der Waals surface area contributed by atoms with Gasteiger partial charge < -0.3 is 20.7 Å². The molecule has 0 unspecified atom stereocenters. The number of ether oxygens (including phenoxy) is 1. The van der Waals surface area contributed by atoms with E-state index < -0.39 is 42.3 Å². The number of carbonyl (C=O) groups is 3. The van der Waals surface area contributed by atoms with Crippen LogP contribution in [0.4, 0.5) is 28.9 Å². The Labute approximate surface area is 150 Å². The molecule has 1 heterocycles. The van der Waals surface area contributed by atoms with Crippen molar-refractivity contribution < 1.29 is 36.7 Å². The number of nitrogens with one attached hydrogen (secondary N) is 2. The molecule has 1 aromatic rings. The number of primary amides is 1. The summed E-state index contributed by atoms with van der Waals surface area (Å²) in [5, 5.41) is 3.79. The Kier molecular flexibility index (Phi) is 6.33. The normalized spacial score (nSPS) is 16.1. The lowest BCUT2D eigenvalue weighted by Gasteiger charge is -2.27. The number of carbonyl (C=O) groups excluding carboxylic acids is 3. The number of halogens is 4. The van der Waals surface area contributed by atoms with Crippen molar-refractivity contribution in [3.05, 3.63) is 24.0 Å². The van der Waals surface area contributed by atoms with E-state index in [1.165, 1.54) is 17.0 Å². The summed E-state index contributed by atoms with van der Waals surface area (Å²) in [5.41, 5.74) is 4.77. The minimum absolute atomic E-state index is 0.0389. The smallest absolute Gasteiger partial charge is 0.370 e. The fraction of sp³-hybridized carbons (Fsp3) is 0.400.